The van der Waals surface area contributed by atoms with Gasteiger partial charge >= 0.3 is 6.01 Å². The number of ether oxygens (including phenoxy) is 1. The van der Waals surface area contributed by atoms with Crippen molar-refractivity contribution < 1.29 is 9.15 Å². The highest BCUT2D eigenvalue weighted by Crippen LogP contribution is 2.31. The number of benzene rings is 1. The number of rotatable bonds is 1. The van der Waals surface area contributed by atoms with Gasteiger partial charge in [-0.05, 0) is 18.1 Å². The van der Waals surface area contributed by atoms with Gasteiger partial charge in [0.25, 0.3) is 0 Å². The fraction of sp³-hybridized carbons (Fsp3) is 0.273. The molecule has 1 aromatic heterocycles. The molecule has 1 aliphatic rings. The molecule has 0 saturated carbocycles. The largest absolute Gasteiger partial charge is 0.492 e. The minimum atomic E-state index is 0.0969. The maximum absolute atomic E-state index is 5.63. The first-order valence-corrected chi connectivity index (χ1v) is 5.12. The van der Waals surface area contributed by atoms with Gasteiger partial charge in [-0.3, -0.25) is 0 Å². The molecule has 2 N–H and O–H groups in total. The van der Waals surface area contributed by atoms with Gasteiger partial charge in [0.1, 0.15) is 12.4 Å². The van der Waals surface area contributed by atoms with E-state index < -0.39 is 0 Å². The molecule has 16 heavy (non-hydrogen) atoms. The predicted octanol–water partition coefficient (Wildman–Crippen LogP) is 1.37. The summed E-state index contributed by atoms with van der Waals surface area (Å²) >= 11 is 0. The van der Waals surface area contributed by atoms with Gasteiger partial charge in [-0.1, -0.05) is 23.3 Å². The van der Waals surface area contributed by atoms with Crippen LogP contribution in [0.15, 0.2) is 28.7 Å². The Bertz CT molecular complexity index is 509. The Morgan fingerprint density at radius 3 is 2.94 bits per heavy atom. The summed E-state index contributed by atoms with van der Waals surface area (Å²) in [6.45, 7) is 0.554. The van der Waals surface area contributed by atoms with Crippen molar-refractivity contribution in [2.75, 3.05) is 12.3 Å². The molecule has 0 aliphatic carbocycles. The maximum atomic E-state index is 5.63. The second kappa shape index (κ2) is 3.52. The predicted molar refractivity (Wildman–Crippen MR) is 57.1 cm³/mol. The lowest BCUT2D eigenvalue weighted by atomic mass is 9.97. The average molecular weight is 217 g/mol. The number of fused-ring (bicyclic) bond motifs is 1. The summed E-state index contributed by atoms with van der Waals surface area (Å²) in [7, 11) is 0. The fourth-order valence-corrected chi connectivity index (χ4v) is 1.90. The third-order valence-electron chi connectivity index (χ3n) is 2.68. The standard InChI is InChI=1S/C11H11N3O2/c12-11-14-13-10(16-11)8-5-7-3-1-2-4-9(7)15-6-8/h1-4,8H,5-6H2,(H2,12,14). The molecular formula is C11H11N3O2. The first-order chi connectivity index (χ1) is 7.83. The number of aromatic nitrogens is 2. The zero-order chi connectivity index (χ0) is 11.0. The van der Waals surface area contributed by atoms with Crippen molar-refractivity contribution in [3.8, 4) is 5.75 Å². The molecule has 0 amide bonds. The minimum Gasteiger partial charge on any atom is -0.492 e. The summed E-state index contributed by atoms with van der Waals surface area (Å²) in [6.07, 6.45) is 0.845. The molecule has 5 heteroatoms. The van der Waals surface area contributed by atoms with Crippen molar-refractivity contribution in [2.45, 2.75) is 12.3 Å². The lowest BCUT2D eigenvalue weighted by molar-refractivity contribution is 0.242. The van der Waals surface area contributed by atoms with Gasteiger partial charge < -0.3 is 14.9 Å². The van der Waals surface area contributed by atoms with E-state index >= 15 is 0 Å². The molecule has 2 aromatic rings. The molecule has 0 fully saturated rings. The van der Waals surface area contributed by atoms with E-state index in [9.17, 15) is 0 Å². The Labute approximate surface area is 92.2 Å². The number of hydrogen-bond acceptors (Lipinski definition) is 5. The number of para-hydroxylation sites is 1. The second-order valence-electron chi connectivity index (χ2n) is 3.80. The summed E-state index contributed by atoms with van der Waals surface area (Å²) < 4.78 is 10.8. The Morgan fingerprint density at radius 1 is 1.25 bits per heavy atom. The SMILES string of the molecule is Nc1nnc(C2COc3ccccc3C2)o1. The third-order valence-corrected chi connectivity index (χ3v) is 2.68. The van der Waals surface area contributed by atoms with Gasteiger partial charge in [0, 0.05) is 0 Å². The molecule has 0 spiro atoms. The summed E-state index contributed by atoms with van der Waals surface area (Å²) in [5.74, 6) is 1.58. The van der Waals surface area contributed by atoms with Crippen molar-refractivity contribution in [1.29, 1.82) is 0 Å². The van der Waals surface area contributed by atoms with E-state index in [0.717, 1.165) is 17.7 Å². The van der Waals surface area contributed by atoms with Crippen LogP contribution in [-0.4, -0.2) is 16.8 Å². The number of nitrogens with zero attached hydrogens (tertiary/aromatic N) is 2. The van der Waals surface area contributed by atoms with Crippen molar-refractivity contribution >= 4 is 6.01 Å². The summed E-state index contributed by atoms with van der Waals surface area (Å²) in [4.78, 5) is 0. The van der Waals surface area contributed by atoms with Gasteiger partial charge in [0.2, 0.25) is 5.89 Å². The van der Waals surface area contributed by atoms with E-state index in [0.29, 0.717) is 12.5 Å². The van der Waals surface area contributed by atoms with Crippen molar-refractivity contribution in [3.63, 3.8) is 0 Å². The van der Waals surface area contributed by atoms with Gasteiger partial charge in [-0.25, -0.2) is 0 Å². The van der Waals surface area contributed by atoms with Crippen molar-refractivity contribution in [1.82, 2.24) is 10.2 Å². The summed E-state index contributed by atoms with van der Waals surface area (Å²) in [6, 6.07) is 8.07. The Morgan fingerprint density at radius 2 is 2.12 bits per heavy atom. The van der Waals surface area contributed by atoms with Crippen LogP contribution in [0.3, 0.4) is 0 Å². The molecule has 5 nitrogen and oxygen atoms in total. The monoisotopic (exact) mass is 217 g/mol. The number of hydrogen-bond donors (Lipinski definition) is 1. The molecule has 1 unspecified atom stereocenters. The highest BCUT2D eigenvalue weighted by atomic mass is 16.5. The number of nitrogen functional groups attached to an aromatic ring is 1. The van der Waals surface area contributed by atoms with E-state index in [1.165, 1.54) is 0 Å². The van der Waals surface area contributed by atoms with Gasteiger partial charge in [0.05, 0.1) is 5.92 Å². The van der Waals surface area contributed by atoms with Gasteiger partial charge in [-0.15, -0.1) is 5.10 Å². The molecule has 2 heterocycles. The summed E-state index contributed by atoms with van der Waals surface area (Å²) in [5.41, 5.74) is 6.56. The molecule has 3 rings (SSSR count). The Kier molecular flexibility index (Phi) is 2.02. The number of anilines is 1. The average Bonchev–Trinajstić information content (AvgIpc) is 2.75. The lowest BCUT2D eigenvalue weighted by Gasteiger charge is -2.22. The van der Waals surface area contributed by atoms with Crippen LogP contribution in [0.1, 0.15) is 17.4 Å². The topological polar surface area (TPSA) is 74.2 Å². The van der Waals surface area contributed by atoms with Crippen LogP contribution in [0.4, 0.5) is 6.01 Å². The van der Waals surface area contributed by atoms with Gasteiger partial charge in [-0.2, -0.15) is 0 Å². The van der Waals surface area contributed by atoms with Crippen LogP contribution in [0.25, 0.3) is 0 Å². The van der Waals surface area contributed by atoms with Crippen LogP contribution >= 0.6 is 0 Å². The van der Waals surface area contributed by atoms with Crippen LogP contribution in [0.5, 0.6) is 5.75 Å². The molecular weight excluding hydrogens is 206 g/mol. The van der Waals surface area contributed by atoms with Crippen molar-refractivity contribution in [3.05, 3.63) is 35.7 Å². The molecule has 82 valence electrons. The van der Waals surface area contributed by atoms with Crippen LogP contribution in [0, 0.1) is 0 Å². The molecule has 0 saturated heterocycles. The zero-order valence-electron chi connectivity index (χ0n) is 8.59. The van der Waals surface area contributed by atoms with Gasteiger partial charge in [0.15, 0.2) is 0 Å². The van der Waals surface area contributed by atoms with Crippen LogP contribution < -0.4 is 10.5 Å². The number of nitrogens with two attached hydrogens (primary N) is 1. The highest BCUT2D eigenvalue weighted by Gasteiger charge is 2.25. The zero-order valence-corrected chi connectivity index (χ0v) is 8.59. The Balaban J connectivity index is 1.88. The lowest BCUT2D eigenvalue weighted by Crippen LogP contribution is -2.19. The quantitative estimate of drug-likeness (QED) is 0.780. The Hall–Kier alpha value is -2.04. The molecule has 0 bridgehead atoms. The van der Waals surface area contributed by atoms with E-state index in [4.69, 9.17) is 14.9 Å². The maximum Gasteiger partial charge on any atom is 0.312 e. The highest BCUT2D eigenvalue weighted by molar-refractivity contribution is 5.36. The first-order valence-electron chi connectivity index (χ1n) is 5.12. The molecule has 0 radical (unpaired) electrons. The van der Waals surface area contributed by atoms with E-state index in [1.54, 1.807) is 0 Å². The normalized spacial score (nSPS) is 18.9. The van der Waals surface area contributed by atoms with Crippen molar-refractivity contribution in [2.24, 2.45) is 0 Å². The first kappa shape index (κ1) is 9.21. The third kappa shape index (κ3) is 1.50. The molecule has 1 atom stereocenters. The fourth-order valence-electron chi connectivity index (χ4n) is 1.90. The molecule has 1 aliphatic heterocycles. The van der Waals surface area contributed by atoms with E-state index in [1.807, 2.05) is 24.3 Å². The second-order valence-corrected chi connectivity index (χ2v) is 3.80. The summed E-state index contributed by atoms with van der Waals surface area (Å²) in [5, 5.41) is 7.54. The van der Waals surface area contributed by atoms with Crippen LogP contribution in [0.2, 0.25) is 0 Å². The minimum absolute atomic E-state index is 0.0969. The van der Waals surface area contributed by atoms with Crippen LogP contribution in [-0.2, 0) is 6.42 Å². The van der Waals surface area contributed by atoms with E-state index in [2.05, 4.69) is 10.2 Å². The molecule has 1 aromatic carbocycles. The van der Waals surface area contributed by atoms with E-state index in [-0.39, 0.29) is 11.9 Å². The smallest absolute Gasteiger partial charge is 0.312 e.